The maximum Gasteiger partial charge on any atom is 0.248 e. The van der Waals surface area contributed by atoms with Crippen molar-refractivity contribution in [3.05, 3.63) is 70.8 Å². The van der Waals surface area contributed by atoms with Crippen LogP contribution in [0.3, 0.4) is 0 Å². The van der Waals surface area contributed by atoms with Gasteiger partial charge in [-0.3, -0.25) is 28.8 Å². The van der Waals surface area contributed by atoms with Gasteiger partial charge in [0.15, 0.2) is 11.6 Å². The number of hydrogen-bond acceptors (Lipinski definition) is 9. The summed E-state index contributed by atoms with van der Waals surface area (Å²) >= 11 is 3.28. The zero-order chi connectivity index (χ0) is 33.6. The Morgan fingerprint density at radius 1 is 1.06 bits per heavy atom. The molecule has 0 spiro atoms. The van der Waals surface area contributed by atoms with Crippen molar-refractivity contribution in [3.63, 3.8) is 0 Å². The Kier molecular flexibility index (Phi) is 8.36. The molecule has 1 aromatic carbocycles. The highest BCUT2D eigenvalue weighted by Crippen LogP contribution is 2.59. The molecule has 3 aliphatic rings. The lowest BCUT2D eigenvalue weighted by atomic mass is 9.98. The van der Waals surface area contributed by atoms with Gasteiger partial charge in [-0.1, -0.05) is 12.2 Å². The molecule has 2 bridgehead atoms. The number of rotatable bonds is 4. The molecule has 3 amide bonds. The van der Waals surface area contributed by atoms with Gasteiger partial charge < -0.3 is 15.5 Å². The first kappa shape index (κ1) is 31.7. The second kappa shape index (κ2) is 12.6. The molecular formula is C34H34BrN9O4. The van der Waals surface area contributed by atoms with Crippen molar-refractivity contribution in [1.29, 1.82) is 0 Å². The molecule has 1 saturated heterocycles. The van der Waals surface area contributed by atoms with E-state index < -0.39 is 11.5 Å². The van der Waals surface area contributed by atoms with E-state index in [-0.39, 0.29) is 47.6 Å². The molecule has 4 aromatic rings. The number of carbonyl (C=O) groups is 4. The van der Waals surface area contributed by atoms with Crippen LogP contribution in [0, 0.1) is 12.3 Å². The van der Waals surface area contributed by atoms with Crippen LogP contribution in [0.2, 0.25) is 0 Å². The molecule has 48 heavy (non-hydrogen) atoms. The second-order valence-electron chi connectivity index (χ2n) is 12.8. The molecule has 0 unspecified atom stereocenters. The van der Waals surface area contributed by atoms with E-state index in [1.807, 2.05) is 25.1 Å². The third-order valence-electron chi connectivity index (χ3n) is 9.44. The summed E-state index contributed by atoms with van der Waals surface area (Å²) in [4.78, 5) is 72.5. The lowest BCUT2D eigenvalue weighted by Crippen LogP contribution is -2.46. The number of aromatic nitrogens is 6. The number of nitrogens with one attached hydrogen (secondary N) is 2. The molecule has 2 aliphatic heterocycles. The topological polar surface area (TPSA) is 165 Å². The second-order valence-corrected chi connectivity index (χ2v) is 13.6. The zero-order valence-corrected chi connectivity index (χ0v) is 28.2. The number of halogens is 1. The number of aryl methyl sites for hydroxylation is 1. The van der Waals surface area contributed by atoms with Crippen LogP contribution >= 0.6 is 15.9 Å². The number of anilines is 1. The average Bonchev–Trinajstić information content (AvgIpc) is 3.46. The fourth-order valence-corrected chi connectivity index (χ4v) is 7.31. The van der Waals surface area contributed by atoms with Crippen molar-refractivity contribution in [2.24, 2.45) is 5.41 Å². The van der Waals surface area contributed by atoms with E-state index in [2.05, 4.69) is 52.6 Å². The van der Waals surface area contributed by atoms with Crippen molar-refractivity contribution in [1.82, 2.24) is 39.9 Å². The van der Waals surface area contributed by atoms with Crippen molar-refractivity contribution in [2.45, 2.75) is 71.0 Å². The normalized spacial score (nSPS) is 22.6. The molecule has 13 nitrogen and oxygen atoms in total. The van der Waals surface area contributed by atoms with Crippen LogP contribution in [0.4, 0.5) is 5.82 Å². The monoisotopic (exact) mass is 711 g/mol. The fourth-order valence-electron chi connectivity index (χ4n) is 7.00. The Labute approximate surface area is 284 Å². The van der Waals surface area contributed by atoms with Gasteiger partial charge in [-0.2, -0.15) is 5.10 Å². The molecule has 1 aliphatic carbocycles. The number of piperidine rings is 1. The summed E-state index contributed by atoms with van der Waals surface area (Å²) in [5.74, 6) is -0.0429. The summed E-state index contributed by atoms with van der Waals surface area (Å²) in [6, 6.07) is 2.90. The minimum absolute atomic E-state index is 0.0467. The van der Waals surface area contributed by atoms with Gasteiger partial charge in [-0.25, -0.2) is 15.0 Å². The lowest BCUT2D eigenvalue weighted by molar-refractivity contribution is -0.138. The van der Waals surface area contributed by atoms with Gasteiger partial charge in [0.05, 0.1) is 17.9 Å². The maximum atomic E-state index is 14.3. The number of hydrogen-bond donors (Lipinski definition) is 2. The number of ketones is 1. The smallest absolute Gasteiger partial charge is 0.248 e. The van der Waals surface area contributed by atoms with Gasteiger partial charge in [0.2, 0.25) is 17.7 Å². The molecule has 246 valence electrons. The van der Waals surface area contributed by atoms with E-state index in [0.717, 1.165) is 23.1 Å². The first-order chi connectivity index (χ1) is 23.1. The summed E-state index contributed by atoms with van der Waals surface area (Å²) < 4.78 is 2.06. The van der Waals surface area contributed by atoms with Gasteiger partial charge in [-0.05, 0) is 78.2 Å². The Bertz CT molecular complexity index is 1990. The number of nitrogens with zero attached hydrogens (tertiary/aromatic N) is 7. The highest BCUT2D eigenvalue weighted by Gasteiger charge is 2.67. The minimum Gasteiger partial charge on any atom is -0.355 e. The van der Waals surface area contributed by atoms with Crippen LogP contribution in [-0.4, -0.2) is 76.7 Å². The van der Waals surface area contributed by atoms with E-state index >= 15 is 0 Å². The molecule has 3 atom stereocenters. The summed E-state index contributed by atoms with van der Waals surface area (Å²) in [5.41, 5.74) is 3.04. The summed E-state index contributed by atoms with van der Waals surface area (Å²) in [7, 11) is 0. The molecular weight excluding hydrogens is 678 g/mol. The Balaban J connectivity index is 1.30. The van der Waals surface area contributed by atoms with Crippen LogP contribution in [0.1, 0.15) is 60.9 Å². The number of allylic oxidation sites excluding steroid dienone is 2. The van der Waals surface area contributed by atoms with Gasteiger partial charge in [-0.15, -0.1) is 0 Å². The van der Waals surface area contributed by atoms with Crippen molar-refractivity contribution in [3.8, 4) is 11.1 Å². The summed E-state index contributed by atoms with van der Waals surface area (Å²) in [6.07, 6.45) is 13.9. The van der Waals surface area contributed by atoms with Crippen LogP contribution in [0.25, 0.3) is 22.0 Å². The molecule has 5 heterocycles. The highest BCUT2D eigenvalue weighted by molar-refractivity contribution is 9.10. The van der Waals surface area contributed by atoms with Crippen LogP contribution < -0.4 is 10.6 Å². The first-order valence-electron chi connectivity index (χ1n) is 16.0. The first-order valence-corrected chi connectivity index (χ1v) is 16.8. The van der Waals surface area contributed by atoms with Gasteiger partial charge in [0.25, 0.3) is 0 Å². The van der Waals surface area contributed by atoms with Crippen LogP contribution in [0.5, 0.6) is 0 Å². The Morgan fingerprint density at radius 3 is 2.65 bits per heavy atom. The van der Waals surface area contributed by atoms with E-state index in [1.165, 1.54) is 19.3 Å². The molecule has 3 aromatic heterocycles. The molecule has 14 heteroatoms. The third kappa shape index (κ3) is 6.12. The number of Topliss-reactive ketones (excluding diaryl/α,β-unsaturated/α-hetero) is 1. The van der Waals surface area contributed by atoms with Crippen molar-refractivity contribution < 1.29 is 19.2 Å². The van der Waals surface area contributed by atoms with Gasteiger partial charge in [0.1, 0.15) is 28.7 Å². The summed E-state index contributed by atoms with van der Waals surface area (Å²) in [5, 5.41) is 11.2. The highest BCUT2D eigenvalue weighted by atomic mass is 79.9. The molecule has 0 radical (unpaired) electrons. The SMILES string of the molecule is CC(=O)c1nn2c3c(cc(-c4cnc(C)nc4)cc13)CC=CCCCC(=O)NC[C@@]13C[C@@H](C(=O)Nc4cncc(Br)n4)N(C(=O)C2)[C@@H]1C3. The Hall–Kier alpha value is -4.85. The predicted octanol–water partition coefficient (Wildman–Crippen LogP) is 3.95. The fraction of sp³-hybridized carbons (Fsp3) is 0.382. The quantitative estimate of drug-likeness (QED) is 0.236. The summed E-state index contributed by atoms with van der Waals surface area (Å²) in [6.45, 7) is 3.49. The number of amides is 3. The van der Waals surface area contributed by atoms with E-state index in [1.54, 1.807) is 22.0 Å². The molecule has 2 N–H and O–H groups in total. The predicted molar refractivity (Wildman–Crippen MR) is 180 cm³/mol. The standard InChI is InChI=1S/C34H34BrN9O4/c1-19(45)31-24-10-22(23-13-37-20(2)38-14-23)9-21-7-5-3-4-6-8-29(46)39-18-34-11-25(33(48)41-28-16-36-15-27(35)40-28)44(26(34)12-34)30(47)17-43(42-31)32(21)24/h3,5,9-10,13-16,25-26H,4,6-8,11-12,17-18H2,1-2H3,(H,39,46)(H,40,41,48)/t25-,26+,34-/m0/s1. The number of benzene rings is 1. The third-order valence-corrected chi connectivity index (χ3v) is 9.82. The van der Waals surface area contributed by atoms with E-state index in [9.17, 15) is 19.2 Å². The largest absolute Gasteiger partial charge is 0.355 e. The molecule has 1 saturated carbocycles. The van der Waals surface area contributed by atoms with Crippen LogP contribution in [-0.2, 0) is 27.3 Å². The van der Waals surface area contributed by atoms with Crippen molar-refractivity contribution >= 4 is 56.2 Å². The van der Waals surface area contributed by atoms with E-state index in [0.29, 0.717) is 60.0 Å². The Morgan fingerprint density at radius 2 is 1.88 bits per heavy atom. The zero-order valence-electron chi connectivity index (χ0n) is 26.6. The molecule has 2 fully saturated rings. The van der Waals surface area contributed by atoms with Gasteiger partial charge >= 0.3 is 0 Å². The van der Waals surface area contributed by atoms with E-state index in [4.69, 9.17) is 5.10 Å². The van der Waals surface area contributed by atoms with Crippen LogP contribution in [0.15, 0.2) is 53.7 Å². The molecule has 7 rings (SSSR count). The average molecular weight is 713 g/mol. The number of carbonyl (C=O) groups excluding carboxylic acids is 4. The van der Waals surface area contributed by atoms with Crippen molar-refractivity contribution in [2.75, 3.05) is 11.9 Å². The lowest BCUT2D eigenvalue weighted by Gasteiger charge is -2.27. The minimum atomic E-state index is -0.794. The van der Waals surface area contributed by atoms with Gasteiger partial charge in [0, 0.05) is 54.7 Å². The maximum absolute atomic E-state index is 14.3.